The van der Waals surface area contributed by atoms with E-state index < -0.39 is 6.10 Å². The van der Waals surface area contributed by atoms with Crippen molar-refractivity contribution in [1.82, 2.24) is 4.98 Å². The maximum Gasteiger partial charge on any atom is 0.130 e. The molecule has 0 radical (unpaired) electrons. The lowest BCUT2D eigenvalue weighted by Crippen LogP contribution is -2.10. The molecule has 0 aliphatic heterocycles. The highest BCUT2D eigenvalue weighted by Crippen LogP contribution is 2.39. The SMILES string of the molecule is O[C@@H]1c2cc(OCc3ccc4ccccc4n3)ccc2C[C@H]1Cc1ccccc1. The minimum absolute atomic E-state index is 0.213. The van der Waals surface area contributed by atoms with E-state index in [2.05, 4.69) is 47.4 Å². The third-order valence-corrected chi connectivity index (χ3v) is 5.75. The van der Waals surface area contributed by atoms with E-state index in [1.54, 1.807) is 0 Å². The molecule has 1 aliphatic rings. The molecular formula is C26H23NO2. The number of pyridine rings is 1. The van der Waals surface area contributed by atoms with Crippen molar-refractivity contribution in [3.05, 3.63) is 107 Å². The third-order valence-electron chi connectivity index (χ3n) is 5.75. The number of hydrogen-bond acceptors (Lipinski definition) is 3. The Bertz CT molecular complexity index is 1140. The van der Waals surface area contributed by atoms with Crippen LogP contribution in [0.25, 0.3) is 10.9 Å². The first kappa shape index (κ1) is 17.9. The normalized spacial score (nSPS) is 18.0. The minimum Gasteiger partial charge on any atom is -0.487 e. The van der Waals surface area contributed by atoms with Gasteiger partial charge in [-0.05, 0) is 59.7 Å². The summed E-state index contributed by atoms with van der Waals surface area (Å²) >= 11 is 0. The van der Waals surface area contributed by atoms with Gasteiger partial charge in [0.1, 0.15) is 12.4 Å². The number of aliphatic hydroxyl groups is 1. The van der Waals surface area contributed by atoms with Crippen molar-refractivity contribution in [1.29, 1.82) is 0 Å². The van der Waals surface area contributed by atoms with Crippen molar-refractivity contribution >= 4 is 10.9 Å². The minimum atomic E-state index is -0.451. The Labute approximate surface area is 170 Å². The van der Waals surface area contributed by atoms with Gasteiger partial charge >= 0.3 is 0 Å². The zero-order valence-corrected chi connectivity index (χ0v) is 16.2. The van der Waals surface area contributed by atoms with Gasteiger partial charge in [-0.1, -0.05) is 60.7 Å². The first-order valence-electron chi connectivity index (χ1n) is 10.1. The van der Waals surface area contributed by atoms with Crippen molar-refractivity contribution in [3.63, 3.8) is 0 Å². The molecule has 1 N–H and O–H groups in total. The molecule has 29 heavy (non-hydrogen) atoms. The Balaban J connectivity index is 1.29. The van der Waals surface area contributed by atoms with Crippen LogP contribution in [-0.4, -0.2) is 10.1 Å². The molecule has 144 valence electrons. The van der Waals surface area contributed by atoms with E-state index in [0.29, 0.717) is 6.61 Å². The van der Waals surface area contributed by atoms with Crippen LogP contribution in [0.15, 0.2) is 84.9 Å². The number of fused-ring (bicyclic) bond motifs is 2. The van der Waals surface area contributed by atoms with Gasteiger partial charge in [0.25, 0.3) is 0 Å². The van der Waals surface area contributed by atoms with Crippen LogP contribution in [0, 0.1) is 5.92 Å². The topological polar surface area (TPSA) is 42.4 Å². The number of hydrogen-bond donors (Lipinski definition) is 1. The van der Waals surface area contributed by atoms with Gasteiger partial charge in [-0.2, -0.15) is 0 Å². The molecule has 0 saturated heterocycles. The summed E-state index contributed by atoms with van der Waals surface area (Å²) in [7, 11) is 0. The van der Waals surface area contributed by atoms with Crippen molar-refractivity contribution in [2.24, 2.45) is 5.92 Å². The largest absolute Gasteiger partial charge is 0.487 e. The molecule has 1 heterocycles. The summed E-state index contributed by atoms with van der Waals surface area (Å²) in [6.07, 6.45) is 1.33. The Morgan fingerprint density at radius 2 is 1.72 bits per heavy atom. The van der Waals surface area contributed by atoms with Crippen LogP contribution < -0.4 is 4.74 Å². The van der Waals surface area contributed by atoms with E-state index in [1.807, 2.05) is 42.5 Å². The van der Waals surface area contributed by atoms with Crippen molar-refractivity contribution in [2.45, 2.75) is 25.6 Å². The van der Waals surface area contributed by atoms with Gasteiger partial charge in [0.05, 0.1) is 17.3 Å². The lowest BCUT2D eigenvalue weighted by molar-refractivity contribution is 0.123. The van der Waals surface area contributed by atoms with Crippen molar-refractivity contribution < 1.29 is 9.84 Å². The first-order chi connectivity index (χ1) is 14.3. The van der Waals surface area contributed by atoms with Crippen molar-refractivity contribution in [2.75, 3.05) is 0 Å². The number of aromatic nitrogens is 1. The fourth-order valence-electron chi connectivity index (χ4n) is 4.22. The van der Waals surface area contributed by atoms with Gasteiger partial charge in [-0.15, -0.1) is 0 Å². The summed E-state index contributed by atoms with van der Waals surface area (Å²) in [4.78, 5) is 4.66. The predicted molar refractivity (Wildman–Crippen MR) is 115 cm³/mol. The Kier molecular flexibility index (Phi) is 4.74. The van der Waals surface area contributed by atoms with E-state index in [4.69, 9.17) is 4.74 Å². The van der Waals surface area contributed by atoms with E-state index in [9.17, 15) is 5.11 Å². The zero-order chi connectivity index (χ0) is 19.6. The standard InChI is InChI=1S/C26H23NO2/c28-26-21(14-18-6-2-1-3-7-18)15-20-11-13-23(16-24(20)26)29-17-22-12-10-19-8-4-5-9-25(19)27-22/h1-13,16,21,26,28H,14-15,17H2/t21-,26+/m1/s1. The summed E-state index contributed by atoms with van der Waals surface area (Å²) in [6.45, 7) is 0.410. The van der Waals surface area contributed by atoms with Gasteiger partial charge in [-0.25, -0.2) is 4.98 Å². The van der Waals surface area contributed by atoms with E-state index >= 15 is 0 Å². The molecule has 0 unspecified atom stereocenters. The first-order valence-corrected chi connectivity index (χ1v) is 10.1. The molecule has 0 spiro atoms. The second-order valence-corrected chi connectivity index (χ2v) is 7.74. The molecule has 1 aliphatic carbocycles. The highest BCUT2D eigenvalue weighted by atomic mass is 16.5. The quantitative estimate of drug-likeness (QED) is 0.513. The second-order valence-electron chi connectivity index (χ2n) is 7.74. The summed E-state index contributed by atoms with van der Waals surface area (Å²) in [6, 6.07) is 28.6. The zero-order valence-electron chi connectivity index (χ0n) is 16.2. The van der Waals surface area contributed by atoms with E-state index in [-0.39, 0.29) is 5.92 Å². The molecule has 3 aromatic carbocycles. The summed E-state index contributed by atoms with van der Waals surface area (Å²) in [5.41, 5.74) is 5.35. The molecule has 2 atom stereocenters. The monoisotopic (exact) mass is 381 g/mol. The fraction of sp³-hybridized carbons (Fsp3) is 0.192. The van der Waals surface area contributed by atoms with Gasteiger partial charge in [0, 0.05) is 5.39 Å². The third kappa shape index (κ3) is 3.74. The Morgan fingerprint density at radius 3 is 2.62 bits per heavy atom. The molecule has 1 aromatic heterocycles. The molecular weight excluding hydrogens is 358 g/mol. The number of benzene rings is 3. The number of para-hydroxylation sites is 1. The maximum absolute atomic E-state index is 10.9. The number of ether oxygens (including phenoxy) is 1. The lowest BCUT2D eigenvalue weighted by Gasteiger charge is -2.15. The summed E-state index contributed by atoms with van der Waals surface area (Å²) in [5, 5.41) is 12.0. The summed E-state index contributed by atoms with van der Waals surface area (Å²) in [5.74, 6) is 0.989. The predicted octanol–water partition coefficient (Wildman–Crippen LogP) is 5.26. The van der Waals surface area contributed by atoms with Gasteiger partial charge in [0.15, 0.2) is 0 Å². The van der Waals surface area contributed by atoms with Crippen LogP contribution in [0.4, 0.5) is 0 Å². The van der Waals surface area contributed by atoms with Crippen LogP contribution in [0.1, 0.15) is 28.5 Å². The number of rotatable bonds is 5. The van der Waals surface area contributed by atoms with Crippen LogP contribution in [-0.2, 0) is 19.4 Å². The fourth-order valence-corrected chi connectivity index (χ4v) is 4.22. The number of aliphatic hydroxyl groups excluding tert-OH is 1. The molecule has 3 heteroatoms. The molecule has 5 rings (SSSR count). The Hall–Kier alpha value is -3.17. The smallest absolute Gasteiger partial charge is 0.130 e. The number of nitrogens with zero attached hydrogens (tertiary/aromatic N) is 1. The second kappa shape index (κ2) is 7.69. The average Bonchev–Trinajstić information content (AvgIpc) is 3.07. The van der Waals surface area contributed by atoms with Crippen molar-refractivity contribution in [3.8, 4) is 5.75 Å². The van der Waals surface area contributed by atoms with Gasteiger partial charge in [0.2, 0.25) is 0 Å². The molecule has 4 aromatic rings. The summed E-state index contributed by atoms with van der Waals surface area (Å²) < 4.78 is 5.99. The molecule has 0 fully saturated rings. The lowest BCUT2D eigenvalue weighted by atomic mass is 9.95. The van der Waals surface area contributed by atoms with Gasteiger partial charge < -0.3 is 9.84 Å². The molecule has 0 amide bonds. The van der Waals surface area contributed by atoms with Crippen LogP contribution in [0.2, 0.25) is 0 Å². The molecule has 3 nitrogen and oxygen atoms in total. The Morgan fingerprint density at radius 1 is 0.897 bits per heavy atom. The van der Waals surface area contributed by atoms with E-state index in [0.717, 1.165) is 40.8 Å². The van der Waals surface area contributed by atoms with E-state index in [1.165, 1.54) is 11.1 Å². The highest BCUT2D eigenvalue weighted by molar-refractivity contribution is 5.78. The average molecular weight is 381 g/mol. The van der Waals surface area contributed by atoms with Gasteiger partial charge in [-0.3, -0.25) is 0 Å². The molecule has 0 saturated carbocycles. The van der Waals surface area contributed by atoms with Crippen LogP contribution >= 0.6 is 0 Å². The van der Waals surface area contributed by atoms with Crippen LogP contribution in [0.5, 0.6) is 5.75 Å². The molecule has 0 bridgehead atoms. The van der Waals surface area contributed by atoms with Crippen LogP contribution in [0.3, 0.4) is 0 Å². The maximum atomic E-state index is 10.9. The highest BCUT2D eigenvalue weighted by Gasteiger charge is 2.31.